The molecule has 0 atom stereocenters. The van der Waals surface area contributed by atoms with Crippen LogP contribution in [0, 0.1) is 0 Å². The molecule has 0 rings (SSSR count). The van der Waals surface area contributed by atoms with E-state index in [1.54, 1.807) is 0 Å². The normalized spacial score (nSPS) is 10.7. The van der Waals surface area contributed by atoms with E-state index in [9.17, 15) is 0 Å². The number of hydrogen-bond acceptors (Lipinski definition) is 0. The summed E-state index contributed by atoms with van der Waals surface area (Å²) in [5.74, 6) is 0. The van der Waals surface area contributed by atoms with Crippen molar-refractivity contribution in [3.63, 3.8) is 0 Å². The topological polar surface area (TPSA) is 14.1 Å². The SMILES string of the molecule is CCCCCCCCCCCCCCCCCC[N-]CCCCCCCCCCCCCCCCCC.Cl.Cl.[Ti]. The van der Waals surface area contributed by atoms with Crippen LogP contribution in [0.5, 0.6) is 0 Å². The van der Waals surface area contributed by atoms with Gasteiger partial charge in [-0.15, -0.1) is 37.9 Å². The van der Waals surface area contributed by atoms with E-state index in [0.717, 1.165) is 13.1 Å². The molecule has 0 aromatic carbocycles. The Bertz CT molecular complexity index is 350. The molecule has 0 bridgehead atoms. The van der Waals surface area contributed by atoms with Crippen molar-refractivity contribution in [2.75, 3.05) is 13.1 Å². The van der Waals surface area contributed by atoms with Crippen LogP contribution in [-0.2, 0) is 21.7 Å². The summed E-state index contributed by atoms with van der Waals surface area (Å²) in [7, 11) is 0. The first-order chi connectivity index (χ1) is 18.4. The third-order valence-electron chi connectivity index (χ3n) is 8.34. The zero-order valence-electron chi connectivity index (χ0n) is 27.8. The van der Waals surface area contributed by atoms with Gasteiger partial charge in [-0.3, -0.25) is 0 Å². The first kappa shape index (κ1) is 48.2. The third kappa shape index (κ3) is 46.2. The molecule has 0 N–H and O–H groups in total. The number of halogens is 2. The Labute approximate surface area is 282 Å². The average Bonchev–Trinajstić information content (AvgIpc) is 2.91. The van der Waals surface area contributed by atoms with Gasteiger partial charge in [0.15, 0.2) is 0 Å². The second kappa shape index (κ2) is 47.2. The fraction of sp³-hybridized carbons (Fsp3) is 1.00. The first-order valence-corrected chi connectivity index (χ1v) is 18.0. The molecule has 0 aliphatic rings. The summed E-state index contributed by atoms with van der Waals surface area (Å²) in [5.41, 5.74) is 0. The minimum atomic E-state index is 0. The summed E-state index contributed by atoms with van der Waals surface area (Å²) in [6, 6.07) is 0. The van der Waals surface area contributed by atoms with Crippen LogP contribution < -0.4 is 0 Å². The predicted octanol–water partition coefficient (Wildman–Crippen LogP) is 14.7. The van der Waals surface area contributed by atoms with Crippen LogP contribution in [0.1, 0.15) is 219 Å². The Hall–Kier alpha value is 1.25. The Morgan fingerprint density at radius 1 is 0.250 bits per heavy atom. The second-order valence-electron chi connectivity index (χ2n) is 12.3. The van der Waals surface area contributed by atoms with E-state index in [0.29, 0.717) is 0 Å². The van der Waals surface area contributed by atoms with Crippen molar-refractivity contribution < 1.29 is 21.7 Å². The van der Waals surface area contributed by atoms with Gasteiger partial charge in [0.25, 0.3) is 0 Å². The third-order valence-corrected chi connectivity index (χ3v) is 8.34. The summed E-state index contributed by atoms with van der Waals surface area (Å²) < 4.78 is 0. The minimum absolute atomic E-state index is 0. The maximum absolute atomic E-state index is 4.78. The summed E-state index contributed by atoms with van der Waals surface area (Å²) in [6.07, 6.45) is 46.4. The molecule has 0 unspecified atom stereocenters. The standard InChI is InChI=1S/C36H74N.2ClH.Ti/c1-3-5-7-9-11-13-15-17-19-21-23-25-27-29-31-33-35-37-36-34-32-30-28-26-24-22-20-18-16-14-12-10-8-6-4-2;;;/h3-36H2,1-2H3;2*1H;/q-1;;;. The Kier molecular flexibility index (Phi) is 56.8. The van der Waals surface area contributed by atoms with Gasteiger partial charge in [0, 0.05) is 21.7 Å². The van der Waals surface area contributed by atoms with E-state index < -0.39 is 0 Å². The van der Waals surface area contributed by atoms with Crippen LogP contribution in [0.25, 0.3) is 5.32 Å². The van der Waals surface area contributed by atoms with E-state index >= 15 is 0 Å². The molecule has 0 aliphatic carbocycles. The van der Waals surface area contributed by atoms with E-state index in [2.05, 4.69) is 13.8 Å². The van der Waals surface area contributed by atoms with Crippen LogP contribution in [-0.4, -0.2) is 13.1 Å². The maximum Gasteiger partial charge on any atom is 0 e. The zero-order chi connectivity index (χ0) is 26.7. The minimum Gasteiger partial charge on any atom is -0.662 e. The molecule has 1 nitrogen and oxygen atoms in total. The number of rotatable bonds is 34. The van der Waals surface area contributed by atoms with Crippen LogP contribution in [0.15, 0.2) is 0 Å². The van der Waals surface area contributed by atoms with Crippen molar-refractivity contribution in [3.8, 4) is 0 Å². The number of unbranched alkanes of at least 4 members (excludes halogenated alkanes) is 30. The largest absolute Gasteiger partial charge is 0.662 e. The van der Waals surface area contributed by atoms with Crippen molar-refractivity contribution in [2.45, 2.75) is 219 Å². The monoisotopic (exact) mass is 640 g/mol. The van der Waals surface area contributed by atoms with Crippen molar-refractivity contribution in [3.05, 3.63) is 5.32 Å². The Morgan fingerprint density at radius 3 is 0.575 bits per heavy atom. The van der Waals surface area contributed by atoms with Crippen molar-refractivity contribution in [2.24, 2.45) is 0 Å². The molecule has 40 heavy (non-hydrogen) atoms. The molecule has 0 heterocycles. The van der Waals surface area contributed by atoms with Crippen molar-refractivity contribution in [1.29, 1.82) is 0 Å². The molecule has 0 aromatic heterocycles. The van der Waals surface area contributed by atoms with Crippen molar-refractivity contribution >= 4 is 24.8 Å². The van der Waals surface area contributed by atoms with Gasteiger partial charge in [-0.05, 0) is 0 Å². The van der Waals surface area contributed by atoms with Gasteiger partial charge in [-0.25, -0.2) is 0 Å². The molecule has 0 amide bonds. The second-order valence-corrected chi connectivity index (χ2v) is 12.3. The summed E-state index contributed by atoms with van der Waals surface area (Å²) in [4.78, 5) is 0. The summed E-state index contributed by atoms with van der Waals surface area (Å²) in [6.45, 7) is 6.85. The molecule has 0 saturated heterocycles. The molecule has 0 radical (unpaired) electrons. The summed E-state index contributed by atoms with van der Waals surface area (Å²) in [5, 5.41) is 4.78. The van der Waals surface area contributed by atoms with Gasteiger partial charge < -0.3 is 5.32 Å². The molecule has 244 valence electrons. The number of hydrogen-bond donors (Lipinski definition) is 0. The van der Waals surface area contributed by atoms with Gasteiger partial charge in [-0.2, -0.15) is 0 Å². The molecule has 4 heteroatoms. The first-order valence-electron chi connectivity index (χ1n) is 18.0. The van der Waals surface area contributed by atoms with Gasteiger partial charge >= 0.3 is 0 Å². The molecule has 0 fully saturated rings. The average molecular weight is 642 g/mol. The van der Waals surface area contributed by atoms with Gasteiger partial charge in [0.05, 0.1) is 0 Å². The van der Waals surface area contributed by atoms with Gasteiger partial charge in [0.2, 0.25) is 0 Å². The fourth-order valence-electron chi connectivity index (χ4n) is 5.66. The Balaban J connectivity index is -0.00000216. The van der Waals surface area contributed by atoms with Gasteiger partial charge in [-0.1, -0.05) is 219 Å². The van der Waals surface area contributed by atoms with E-state index in [1.807, 2.05) is 0 Å². The van der Waals surface area contributed by atoms with E-state index in [4.69, 9.17) is 5.32 Å². The van der Waals surface area contributed by atoms with E-state index in [1.165, 1.54) is 205 Å². The summed E-state index contributed by atoms with van der Waals surface area (Å²) >= 11 is 0. The quantitative estimate of drug-likeness (QED) is 0.0490. The van der Waals surface area contributed by atoms with Crippen LogP contribution in [0.3, 0.4) is 0 Å². The van der Waals surface area contributed by atoms with Crippen molar-refractivity contribution in [1.82, 2.24) is 0 Å². The molecular formula is C36H76Cl2NTi-. The predicted molar refractivity (Wildman–Crippen MR) is 187 cm³/mol. The van der Waals surface area contributed by atoms with Gasteiger partial charge in [0.1, 0.15) is 0 Å². The van der Waals surface area contributed by atoms with Crippen LogP contribution >= 0.6 is 24.8 Å². The zero-order valence-corrected chi connectivity index (χ0v) is 31.0. The molecule has 0 saturated carbocycles. The Morgan fingerprint density at radius 2 is 0.400 bits per heavy atom. The maximum atomic E-state index is 4.78. The van der Waals surface area contributed by atoms with E-state index in [-0.39, 0.29) is 46.5 Å². The molecule has 0 aromatic rings. The molecule has 0 spiro atoms. The van der Waals surface area contributed by atoms with Crippen LogP contribution in [0.2, 0.25) is 0 Å². The molecular weight excluding hydrogens is 565 g/mol. The molecule has 0 aliphatic heterocycles. The number of nitrogens with zero attached hydrogens (tertiary/aromatic N) is 1. The smallest absolute Gasteiger partial charge is 0 e. The van der Waals surface area contributed by atoms with Crippen LogP contribution in [0.4, 0.5) is 0 Å². The fourth-order valence-corrected chi connectivity index (χ4v) is 5.66.